The van der Waals surface area contributed by atoms with Gasteiger partial charge in [-0.15, -0.1) is 0 Å². The van der Waals surface area contributed by atoms with Gasteiger partial charge in [-0.3, -0.25) is 4.79 Å². The second-order valence-electron chi connectivity index (χ2n) is 4.70. The van der Waals surface area contributed by atoms with Gasteiger partial charge in [0.25, 0.3) is 0 Å². The van der Waals surface area contributed by atoms with Crippen molar-refractivity contribution in [3.05, 3.63) is 48.0 Å². The van der Waals surface area contributed by atoms with Crippen LogP contribution in [-0.4, -0.2) is 31.1 Å². The number of carbonyl (C=O) groups is 3. The van der Waals surface area contributed by atoms with Crippen molar-refractivity contribution in [1.82, 2.24) is 0 Å². The Kier molecular flexibility index (Phi) is 7.53. The van der Waals surface area contributed by atoms with E-state index in [1.807, 2.05) is 30.3 Å². The fourth-order valence-electron chi connectivity index (χ4n) is 1.71. The largest absolute Gasteiger partial charge is 0.466 e. The lowest BCUT2D eigenvalue weighted by Crippen LogP contribution is -2.20. The number of carbonyl (C=O) groups excluding carboxylic acids is 3. The Morgan fingerprint density at radius 2 is 1.74 bits per heavy atom. The van der Waals surface area contributed by atoms with Crippen molar-refractivity contribution in [2.45, 2.75) is 26.4 Å². The van der Waals surface area contributed by atoms with E-state index in [0.29, 0.717) is 0 Å². The number of benzene rings is 1. The molecule has 6 heteroatoms. The summed E-state index contributed by atoms with van der Waals surface area (Å²) < 4.78 is 14.6. The van der Waals surface area contributed by atoms with Crippen LogP contribution in [0.15, 0.2) is 42.5 Å². The number of rotatable bonds is 8. The van der Waals surface area contributed by atoms with Crippen molar-refractivity contribution in [2.24, 2.45) is 0 Å². The maximum absolute atomic E-state index is 11.7. The summed E-state index contributed by atoms with van der Waals surface area (Å²) in [6.07, 6.45) is -0.729. The van der Waals surface area contributed by atoms with Crippen LogP contribution in [0.2, 0.25) is 0 Å². The lowest BCUT2D eigenvalue weighted by molar-refractivity contribution is -0.160. The lowest BCUT2D eigenvalue weighted by atomic mass is 10.1. The van der Waals surface area contributed by atoms with Crippen molar-refractivity contribution in [3.8, 4) is 0 Å². The molecule has 0 fully saturated rings. The third-order valence-corrected chi connectivity index (χ3v) is 2.85. The quantitative estimate of drug-likeness (QED) is 0.415. The normalized spacial score (nSPS) is 11.2. The number of esters is 3. The molecule has 0 aromatic heterocycles. The Morgan fingerprint density at radius 3 is 2.35 bits per heavy atom. The molecule has 1 aromatic carbocycles. The first-order chi connectivity index (χ1) is 10.9. The second-order valence-corrected chi connectivity index (χ2v) is 4.70. The van der Waals surface area contributed by atoms with Crippen LogP contribution in [0.1, 0.15) is 31.9 Å². The summed E-state index contributed by atoms with van der Waals surface area (Å²) in [4.78, 5) is 34.5. The van der Waals surface area contributed by atoms with Crippen molar-refractivity contribution >= 4 is 17.9 Å². The molecule has 0 aliphatic rings. The molecule has 0 amide bonds. The maximum Gasteiger partial charge on any atom is 0.344 e. The van der Waals surface area contributed by atoms with E-state index in [2.05, 4.69) is 6.58 Å². The van der Waals surface area contributed by atoms with Crippen LogP contribution >= 0.6 is 0 Å². The molecular formula is C17H20O6. The summed E-state index contributed by atoms with van der Waals surface area (Å²) >= 11 is 0. The minimum Gasteiger partial charge on any atom is -0.466 e. The van der Waals surface area contributed by atoms with E-state index in [9.17, 15) is 14.4 Å². The molecule has 23 heavy (non-hydrogen) atoms. The van der Waals surface area contributed by atoms with E-state index in [-0.39, 0.29) is 18.6 Å². The summed E-state index contributed by atoms with van der Waals surface area (Å²) in [6, 6.07) is 9.17. The molecule has 0 bridgehead atoms. The SMILES string of the molecule is C=C(CC(=O)OCC)C(=O)OCC(=O)OC(C)c1ccccc1. The highest BCUT2D eigenvalue weighted by atomic mass is 16.6. The average molecular weight is 320 g/mol. The molecule has 0 heterocycles. The van der Waals surface area contributed by atoms with Gasteiger partial charge in [-0.1, -0.05) is 36.9 Å². The monoisotopic (exact) mass is 320 g/mol. The van der Waals surface area contributed by atoms with E-state index < -0.39 is 30.6 Å². The maximum atomic E-state index is 11.7. The average Bonchev–Trinajstić information content (AvgIpc) is 2.53. The zero-order chi connectivity index (χ0) is 17.2. The van der Waals surface area contributed by atoms with Gasteiger partial charge in [0.05, 0.1) is 13.0 Å². The van der Waals surface area contributed by atoms with Crippen molar-refractivity contribution in [3.63, 3.8) is 0 Å². The van der Waals surface area contributed by atoms with Gasteiger partial charge in [0.1, 0.15) is 6.10 Å². The van der Waals surface area contributed by atoms with Crippen LogP contribution in [0.4, 0.5) is 0 Å². The number of hydrogen-bond donors (Lipinski definition) is 0. The zero-order valence-electron chi connectivity index (χ0n) is 13.2. The van der Waals surface area contributed by atoms with Crippen LogP contribution in [-0.2, 0) is 28.6 Å². The molecule has 0 aliphatic carbocycles. The van der Waals surface area contributed by atoms with E-state index >= 15 is 0 Å². The molecule has 1 unspecified atom stereocenters. The van der Waals surface area contributed by atoms with Crippen LogP contribution in [0.3, 0.4) is 0 Å². The fraction of sp³-hybridized carbons (Fsp3) is 0.353. The van der Waals surface area contributed by atoms with Gasteiger partial charge in [0, 0.05) is 5.57 Å². The molecule has 124 valence electrons. The summed E-state index contributed by atoms with van der Waals surface area (Å²) in [6.45, 7) is 6.48. The summed E-state index contributed by atoms with van der Waals surface area (Å²) in [5.41, 5.74) is 0.756. The zero-order valence-corrected chi connectivity index (χ0v) is 13.2. The topological polar surface area (TPSA) is 78.9 Å². The van der Waals surface area contributed by atoms with Gasteiger partial charge in [-0.2, -0.15) is 0 Å². The molecule has 1 rings (SSSR count). The number of ether oxygens (including phenoxy) is 3. The molecule has 0 spiro atoms. The van der Waals surface area contributed by atoms with Gasteiger partial charge >= 0.3 is 17.9 Å². The van der Waals surface area contributed by atoms with E-state index in [1.165, 1.54) is 0 Å². The smallest absolute Gasteiger partial charge is 0.344 e. The lowest BCUT2D eigenvalue weighted by Gasteiger charge is -2.13. The first-order valence-electron chi connectivity index (χ1n) is 7.19. The molecule has 0 radical (unpaired) electrons. The van der Waals surface area contributed by atoms with Crippen LogP contribution < -0.4 is 0 Å². The molecule has 0 saturated carbocycles. The van der Waals surface area contributed by atoms with Gasteiger partial charge in [0.15, 0.2) is 6.61 Å². The summed E-state index contributed by atoms with van der Waals surface area (Å²) in [7, 11) is 0. The van der Waals surface area contributed by atoms with Gasteiger partial charge in [-0.25, -0.2) is 9.59 Å². The summed E-state index contributed by atoms with van der Waals surface area (Å²) in [5.74, 6) is -2.09. The predicted molar refractivity (Wildman–Crippen MR) is 82.3 cm³/mol. The van der Waals surface area contributed by atoms with Crippen molar-refractivity contribution in [2.75, 3.05) is 13.2 Å². The minimum atomic E-state index is -0.831. The third-order valence-electron chi connectivity index (χ3n) is 2.85. The highest BCUT2D eigenvalue weighted by Crippen LogP contribution is 2.16. The van der Waals surface area contributed by atoms with E-state index in [4.69, 9.17) is 14.2 Å². The Bertz CT molecular complexity index is 564. The molecule has 0 N–H and O–H groups in total. The molecule has 0 aliphatic heterocycles. The van der Waals surface area contributed by atoms with Gasteiger partial charge in [0.2, 0.25) is 0 Å². The predicted octanol–water partition coefficient (Wildman–Crippen LogP) is 2.34. The van der Waals surface area contributed by atoms with Crippen LogP contribution in [0.25, 0.3) is 0 Å². The highest BCUT2D eigenvalue weighted by molar-refractivity contribution is 5.94. The molecule has 1 atom stereocenters. The Morgan fingerprint density at radius 1 is 1.09 bits per heavy atom. The van der Waals surface area contributed by atoms with E-state index in [1.54, 1.807) is 13.8 Å². The molecular weight excluding hydrogens is 300 g/mol. The van der Waals surface area contributed by atoms with Crippen LogP contribution in [0.5, 0.6) is 0 Å². The Labute approximate surface area is 135 Å². The Hall–Kier alpha value is -2.63. The molecule has 0 saturated heterocycles. The highest BCUT2D eigenvalue weighted by Gasteiger charge is 2.17. The Balaban J connectivity index is 2.36. The number of hydrogen-bond acceptors (Lipinski definition) is 6. The van der Waals surface area contributed by atoms with Crippen LogP contribution in [0, 0.1) is 0 Å². The minimum absolute atomic E-state index is 0.0765. The first-order valence-corrected chi connectivity index (χ1v) is 7.19. The molecule has 1 aromatic rings. The van der Waals surface area contributed by atoms with Gasteiger partial charge < -0.3 is 14.2 Å². The second kappa shape index (κ2) is 9.40. The summed E-state index contributed by atoms with van der Waals surface area (Å²) in [5, 5.41) is 0. The third kappa shape index (κ3) is 6.78. The standard InChI is InChI=1S/C17H20O6/c1-4-21-15(18)10-12(2)17(20)22-11-16(19)23-13(3)14-8-6-5-7-9-14/h5-9,13H,2,4,10-11H2,1,3H3. The van der Waals surface area contributed by atoms with Gasteiger partial charge in [-0.05, 0) is 19.4 Å². The van der Waals surface area contributed by atoms with E-state index in [0.717, 1.165) is 5.56 Å². The molecule has 6 nitrogen and oxygen atoms in total. The van der Waals surface area contributed by atoms with Crippen molar-refractivity contribution in [1.29, 1.82) is 0 Å². The first kappa shape index (κ1) is 18.4. The fourth-order valence-corrected chi connectivity index (χ4v) is 1.71. The van der Waals surface area contributed by atoms with Crippen molar-refractivity contribution < 1.29 is 28.6 Å².